The number of guanidine groups is 1. The maximum absolute atomic E-state index is 11.7. The summed E-state index contributed by atoms with van der Waals surface area (Å²) in [6.45, 7) is 4.34. The van der Waals surface area contributed by atoms with Gasteiger partial charge in [-0.3, -0.25) is 4.99 Å². The van der Waals surface area contributed by atoms with E-state index in [4.69, 9.17) is 15.5 Å². The lowest BCUT2D eigenvalue weighted by Gasteiger charge is -2.31. The van der Waals surface area contributed by atoms with Crippen LogP contribution in [-0.4, -0.2) is 54.2 Å². The number of rotatable bonds is 6. The Balaban J connectivity index is 0.00000280. The SMILES string of the molecule is CCOC(=O)N1CCC(NC(N)=NCCCc2nc3c(s2)CCCC3)CC1.I. The van der Waals surface area contributed by atoms with Crippen LogP contribution in [0.15, 0.2) is 4.99 Å². The number of hydrogen-bond acceptors (Lipinski definition) is 5. The molecule has 0 atom stereocenters. The maximum Gasteiger partial charge on any atom is 0.409 e. The smallest absolute Gasteiger partial charge is 0.409 e. The molecular formula is C19H32IN5O2S. The predicted molar refractivity (Wildman–Crippen MR) is 124 cm³/mol. The van der Waals surface area contributed by atoms with Crippen molar-refractivity contribution >= 4 is 47.4 Å². The maximum atomic E-state index is 11.7. The lowest BCUT2D eigenvalue weighted by Crippen LogP contribution is -2.48. The van der Waals surface area contributed by atoms with E-state index in [2.05, 4.69) is 10.3 Å². The first kappa shape index (κ1) is 23.2. The third kappa shape index (κ3) is 6.75. The topological polar surface area (TPSA) is 92.8 Å². The Hall–Kier alpha value is -1.10. The molecule has 0 radical (unpaired) electrons. The van der Waals surface area contributed by atoms with Crippen molar-refractivity contribution in [3.63, 3.8) is 0 Å². The molecule has 3 N–H and O–H groups in total. The molecule has 158 valence electrons. The lowest BCUT2D eigenvalue weighted by molar-refractivity contribution is 0.0963. The molecule has 1 saturated heterocycles. The Morgan fingerprint density at radius 2 is 2.11 bits per heavy atom. The number of piperidine rings is 1. The van der Waals surface area contributed by atoms with Crippen LogP contribution < -0.4 is 11.1 Å². The fourth-order valence-corrected chi connectivity index (χ4v) is 4.82. The molecule has 1 amide bonds. The average molecular weight is 521 g/mol. The average Bonchev–Trinajstić information content (AvgIpc) is 3.09. The Labute approximate surface area is 188 Å². The number of nitrogens with zero attached hydrogens (tertiary/aromatic N) is 3. The van der Waals surface area contributed by atoms with Gasteiger partial charge in [0, 0.05) is 37.0 Å². The van der Waals surface area contributed by atoms with Gasteiger partial charge in [0.1, 0.15) is 0 Å². The largest absolute Gasteiger partial charge is 0.450 e. The Morgan fingerprint density at radius 1 is 1.36 bits per heavy atom. The number of thiazole rings is 1. The lowest BCUT2D eigenvalue weighted by atomic mass is 10.0. The number of aryl methyl sites for hydroxylation is 3. The van der Waals surface area contributed by atoms with Crippen LogP contribution in [0.4, 0.5) is 4.79 Å². The number of carbonyl (C=O) groups is 1. The van der Waals surface area contributed by atoms with Crippen molar-refractivity contribution in [2.75, 3.05) is 26.2 Å². The van der Waals surface area contributed by atoms with Gasteiger partial charge in [0.05, 0.1) is 17.3 Å². The summed E-state index contributed by atoms with van der Waals surface area (Å²) in [5.74, 6) is 0.503. The third-order valence-corrected chi connectivity index (χ3v) is 6.31. The van der Waals surface area contributed by atoms with E-state index in [9.17, 15) is 4.79 Å². The van der Waals surface area contributed by atoms with Crippen molar-refractivity contribution in [2.24, 2.45) is 10.7 Å². The molecule has 9 heteroatoms. The number of aliphatic imine (C=N–C) groups is 1. The van der Waals surface area contributed by atoms with E-state index in [1.165, 1.54) is 34.8 Å². The molecule has 1 aromatic rings. The molecule has 0 saturated carbocycles. The zero-order chi connectivity index (χ0) is 19.1. The van der Waals surface area contributed by atoms with Crippen LogP contribution in [0, 0.1) is 0 Å². The third-order valence-electron chi connectivity index (χ3n) is 5.09. The van der Waals surface area contributed by atoms with E-state index in [1.54, 1.807) is 4.90 Å². The zero-order valence-electron chi connectivity index (χ0n) is 16.6. The Bertz CT molecular complexity index is 635. The summed E-state index contributed by atoms with van der Waals surface area (Å²) in [5, 5.41) is 4.53. The van der Waals surface area contributed by atoms with Gasteiger partial charge in [0.25, 0.3) is 0 Å². The Kier molecular flexibility index (Phi) is 9.76. The van der Waals surface area contributed by atoms with Gasteiger partial charge < -0.3 is 20.7 Å². The second kappa shape index (κ2) is 11.8. The number of hydrogen-bond donors (Lipinski definition) is 2. The number of nitrogens with two attached hydrogens (primary N) is 1. The first-order chi connectivity index (χ1) is 13.2. The fraction of sp³-hybridized carbons (Fsp3) is 0.737. The van der Waals surface area contributed by atoms with Gasteiger partial charge in [0.15, 0.2) is 5.96 Å². The van der Waals surface area contributed by atoms with E-state index >= 15 is 0 Å². The molecule has 1 aromatic heterocycles. The summed E-state index contributed by atoms with van der Waals surface area (Å²) in [4.78, 5) is 24.2. The van der Waals surface area contributed by atoms with Crippen LogP contribution in [0.3, 0.4) is 0 Å². The molecule has 0 spiro atoms. The van der Waals surface area contributed by atoms with Crippen LogP contribution in [0.1, 0.15) is 54.6 Å². The molecule has 7 nitrogen and oxygen atoms in total. The van der Waals surface area contributed by atoms with E-state index in [0.717, 1.165) is 32.1 Å². The van der Waals surface area contributed by atoms with Gasteiger partial charge in [0.2, 0.25) is 0 Å². The van der Waals surface area contributed by atoms with E-state index in [-0.39, 0.29) is 36.1 Å². The molecular weight excluding hydrogens is 489 g/mol. The molecule has 3 rings (SSSR count). The van der Waals surface area contributed by atoms with E-state index < -0.39 is 0 Å². The van der Waals surface area contributed by atoms with Crippen LogP contribution in [-0.2, 0) is 24.0 Å². The quantitative estimate of drug-likeness (QED) is 0.260. The molecule has 1 fully saturated rings. The van der Waals surface area contributed by atoms with E-state index in [0.29, 0.717) is 32.2 Å². The molecule has 1 aliphatic heterocycles. The molecule has 0 unspecified atom stereocenters. The summed E-state index contributed by atoms with van der Waals surface area (Å²) < 4.78 is 5.04. The summed E-state index contributed by atoms with van der Waals surface area (Å²) >= 11 is 1.88. The zero-order valence-corrected chi connectivity index (χ0v) is 19.8. The molecule has 0 bridgehead atoms. The number of amides is 1. The van der Waals surface area contributed by atoms with Crippen molar-refractivity contribution in [3.8, 4) is 0 Å². The van der Waals surface area contributed by atoms with Crippen LogP contribution in [0.5, 0.6) is 0 Å². The standard InChI is InChI=1S/C19H31N5O2S.HI/c1-2-26-19(25)24-12-9-14(10-13-24)22-18(20)21-11-5-8-17-23-15-6-3-4-7-16(15)27-17;/h14H,2-13H2,1H3,(H3,20,21,22);1H. The number of halogens is 1. The number of ether oxygens (including phenoxy) is 1. The molecule has 2 heterocycles. The van der Waals surface area contributed by atoms with Gasteiger partial charge in [-0.25, -0.2) is 9.78 Å². The highest BCUT2D eigenvalue weighted by Gasteiger charge is 2.23. The first-order valence-corrected chi connectivity index (χ1v) is 10.9. The van der Waals surface area contributed by atoms with Gasteiger partial charge >= 0.3 is 6.09 Å². The minimum atomic E-state index is -0.221. The molecule has 2 aliphatic rings. The monoisotopic (exact) mass is 521 g/mol. The van der Waals surface area contributed by atoms with Crippen LogP contribution >= 0.6 is 35.3 Å². The minimum absolute atomic E-state index is 0. The summed E-state index contributed by atoms with van der Waals surface area (Å²) in [6.07, 6.45) is 8.39. The fourth-order valence-electron chi connectivity index (χ4n) is 3.62. The number of likely N-dealkylation sites (tertiary alicyclic amines) is 1. The van der Waals surface area contributed by atoms with Gasteiger partial charge in [-0.1, -0.05) is 0 Å². The van der Waals surface area contributed by atoms with Crippen LogP contribution in [0.2, 0.25) is 0 Å². The summed E-state index contributed by atoms with van der Waals surface area (Å²) in [7, 11) is 0. The number of nitrogens with one attached hydrogen (secondary N) is 1. The predicted octanol–water partition coefficient (Wildman–Crippen LogP) is 3.10. The van der Waals surface area contributed by atoms with Crippen LogP contribution in [0.25, 0.3) is 0 Å². The summed E-state index contributed by atoms with van der Waals surface area (Å²) in [5.41, 5.74) is 7.36. The highest BCUT2D eigenvalue weighted by molar-refractivity contribution is 14.0. The van der Waals surface area contributed by atoms with Gasteiger partial charge in [-0.15, -0.1) is 35.3 Å². The van der Waals surface area contributed by atoms with Gasteiger partial charge in [-0.05, 0) is 51.9 Å². The molecule has 0 aromatic carbocycles. The second-order valence-electron chi connectivity index (χ2n) is 7.16. The Morgan fingerprint density at radius 3 is 2.82 bits per heavy atom. The molecule has 1 aliphatic carbocycles. The van der Waals surface area contributed by atoms with Gasteiger partial charge in [-0.2, -0.15) is 0 Å². The number of aromatic nitrogens is 1. The van der Waals surface area contributed by atoms with Crippen molar-refractivity contribution in [3.05, 3.63) is 15.6 Å². The normalized spacial score (nSPS) is 17.6. The first-order valence-electron chi connectivity index (χ1n) is 10.1. The number of carbonyl (C=O) groups excluding carboxylic acids is 1. The second-order valence-corrected chi connectivity index (χ2v) is 8.33. The van der Waals surface area contributed by atoms with E-state index in [1.807, 2.05) is 18.3 Å². The van der Waals surface area contributed by atoms with Crippen molar-refractivity contribution in [1.29, 1.82) is 0 Å². The number of fused-ring (bicyclic) bond motifs is 1. The highest BCUT2D eigenvalue weighted by Crippen LogP contribution is 2.27. The highest BCUT2D eigenvalue weighted by atomic mass is 127. The van der Waals surface area contributed by atoms with Crippen molar-refractivity contribution < 1.29 is 9.53 Å². The van der Waals surface area contributed by atoms with Crippen molar-refractivity contribution in [2.45, 2.75) is 64.3 Å². The summed E-state index contributed by atoms with van der Waals surface area (Å²) in [6, 6.07) is 0.269. The molecule has 28 heavy (non-hydrogen) atoms. The van der Waals surface area contributed by atoms with Crippen molar-refractivity contribution in [1.82, 2.24) is 15.2 Å². The minimum Gasteiger partial charge on any atom is -0.450 e.